The molecule has 0 aliphatic heterocycles. The summed E-state index contributed by atoms with van der Waals surface area (Å²) >= 11 is 0. The zero-order chi connectivity index (χ0) is 12.0. The Hall–Kier alpha value is -0.570. The predicted molar refractivity (Wildman–Crippen MR) is 63.7 cm³/mol. The van der Waals surface area contributed by atoms with Crippen molar-refractivity contribution in [3.8, 4) is 0 Å². The van der Waals surface area contributed by atoms with Crippen molar-refractivity contribution in [2.75, 3.05) is 7.11 Å². The summed E-state index contributed by atoms with van der Waals surface area (Å²) in [5.41, 5.74) is -0.398. The molecule has 3 fully saturated rings. The molecule has 0 saturated heterocycles. The van der Waals surface area contributed by atoms with E-state index >= 15 is 0 Å². The van der Waals surface area contributed by atoms with Crippen LogP contribution in [0.4, 0.5) is 0 Å². The summed E-state index contributed by atoms with van der Waals surface area (Å²) < 4.78 is 5.45. The van der Waals surface area contributed by atoms with Crippen LogP contribution in [0.15, 0.2) is 0 Å². The molecule has 96 valence electrons. The Kier molecular flexibility index (Phi) is 2.69. The number of hydrogen-bond donors (Lipinski definition) is 1. The maximum absolute atomic E-state index is 11.7. The molecule has 0 spiro atoms. The minimum atomic E-state index is -0.536. The van der Waals surface area contributed by atoms with E-state index in [2.05, 4.69) is 0 Å². The van der Waals surface area contributed by atoms with Crippen molar-refractivity contribution in [2.45, 2.75) is 51.0 Å². The highest BCUT2D eigenvalue weighted by Gasteiger charge is 2.60. The first-order valence-electron chi connectivity index (χ1n) is 6.92. The Morgan fingerprint density at radius 3 is 2.53 bits per heavy atom. The van der Waals surface area contributed by atoms with Crippen LogP contribution in [0.3, 0.4) is 0 Å². The van der Waals surface area contributed by atoms with Crippen molar-refractivity contribution >= 4 is 5.97 Å². The van der Waals surface area contributed by atoms with E-state index < -0.39 is 11.4 Å². The topological polar surface area (TPSA) is 46.5 Å². The fraction of sp³-hybridized carbons (Fsp3) is 0.929. The average molecular weight is 238 g/mol. The molecule has 0 amide bonds. The largest absolute Gasteiger partial charge is 0.481 e. The zero-order valence-corrected chi connectivity index (χ0v) is 10.5. The lowest BCUT2D eigenvalue weighted by Gasteiger charge is -2.39. The normalized spacial score (nSPS) is 48.8. The number of hydrogen-bond acceptors (Lipinski definition) is 2. The zero-order valence-electron chi connectivity index (χ0n) is 10.5. The van der Waals surface area contributed by atoms with Crippen molar-refractivity contribution in [2.24, 2.45) is 23.2 Å². The van der Waals surface area contributed by atoms with Gasteiger partial charge in [0.25, 0.3) is 0 Å². The van der Waals surface area contributed by atoms with Crippen molar-refractivity contribution in [3.63, 3.8) is 0 Å². The van der Waals surface area contributed by atoms with Gasteiger partial charge in [-0.05, 0) is 56.3 Å². The summed E-state index contributed by atoms with van der Waals surface area (Å²) in [6.45, 7) is 0. The van der Waals surface area contributed by atoms with Gasteiger partial charge < -0.3 is 9.84 Å². The van der Waals surface area contributed by atoms with E-state index in [-0.39, 0.29) is 0 Å². The summed E-state index contributed by atoms with van der Waals surface area (Å²) in [6.07, 6.45) is 7.75. The molecule has 17 heavy (non-hydrogen) atoms. The minimum absolute atomic E-state index is 0.293. The number of carbonyl (C=O) groups is 1. The van der Waals surface area contributed by atoms with E-state index in [1.807, 2.05) is 0 Å². The molecule has 4 atom stereocenters. The lowest BCUT2D eigenvalue weighted by Crippen LogP contribution is -2.41. The second-order valence-corrected chi connectivity index (χ2v) is 6.35. The summed E-state index contributed by atoms with van der Waals surface area (Å²) in [7, 11) is 1.76. The minimum Gasteiger partial charge on any atom is -0.481 e. The average Bonchev–Trinajstić information content (AvgIpc) is 2.96. The first kappa shape index (κ1) is 11.5. The van der Waals surface area contributed by atoms with Gasteiger partial charge in [0.2, 0.25) is 0 Å². The SMILES string of the molecule is COC1CCCC(C2(C(=O)O)CC3CC3C2)C1. The molecule has 0 radical (unpaired) electrons. The van der Waals surface area contributed by atoms with Gasteiger partial charge in [0, 0.05) is 7.11 Å². The quantitative estimate of drug-likeness (QED) is 0.822. The second kappa shape index (κ2) is 3.98. The van der Waals surface area contributed by atoms with Gasteiger partial charge in [-0.3, -0.25) is 4.79 Å². The van der Waals surface area contributed by atoms with Gasteiger partial charge in [0.15, 0.2) is 0 Å². The van der Waals surface area contributed by atoms with Crippen LogP contribution in [-0.2, 0) is 9.53 Å². The van der Waals surface area contributed by atoms with Crippen LogP contribution in [0, 0.1) is 23.2 Å². The standard InChI is InChI=1S/C14H22O3/c1-17-12-4-2-3-11(6-12)14(13(15)16)7-9-5-10(9)8-14/h9-12H,2-8H2,1H3,(H,15,16). The van der Waals surface area contributed by atoms with Crippen LogP contribution in [0.1, 0.15) is 44.9 Å². The van der Waals surface area contributed by atoms with Crippen LogP contribution in [0.5, 0.6) is 0 Å². The Morgan fingerprint density at radius 1 is 1.24 bits per heavy atom. The molecular formula is C14H22O3. The maximum atomic E-state index is 11.7. The Bertz CT molecular complexity index is 315. The smallest absolute Gasteiger partial charge is 0.309 e. The molecule has 3 aliphatic rings. The van der Waals surface area contributed by atoms with Crippen LogP contribution < -0.4 is 0 Å². The van der Waals surface area contributed by atoms with Crippen molar-refractivity contribution in [3.05, 3.63) is 0 Å². The Morgan fingerprint density at radius 2 is 1.94 bits per heavy atom. The maximum Gasteiger partial charge on any atom is 0.309 e. The molecule has 3 rings (SSSR count). The van der Waals surface area contributed by atoms with Gasteiger partial charge >= 0.3 is 5.97 Å². The number of aliphatic carboxylic acids is 1. The highest BCUT2D eigenvalue weighted by atomic mass is 16.5. The molecule has 3 heteroatoms. The van der Waals surface area contributed by atoms with E-state index in [0.29, 0.717) is 12.0 Å². The number of methoxy groups -OCH3 is 1. The molecular weight excluding hydrogens is 216 g/mol. The predicted octanol–water partition coefficient (Wildman–Crippen LogP) is 2.69. The number of carboxylic acid groups (broad SMARTS) is 1. The van der Waals surface area contributed by atoms with Gasteiger partial charge in [-0.15, -0.1) is 0 Å². The number of ether oxygens (including phenoxy) is 1. The fourth-order valence-corrected chi connectivity index (χ4v) is 4.37. The molecule has 3 aliphatic carbocycles. The van der Waals surface area contributed by atoms with Crippen molar-refractivity contribution < 1.29 is 14.6 Å². The lowest BCUT2D eigenvalue weighted by atomic mass is 9.65. The third-order valence-corrected chi connectivity index (χ3v) is 5.49. The van der Waals surface area contributed by atoms with E-state index in [0.717, 1.165) is 50.4 Å². The monoisotopic (exact) mass is 238 g/mol. The molecule has 3 saturated carbocycles. The molecule has 3 nitrogen and oxygen atoms in total. The first-order valence-corrected chi connectivity index (χ1v) is 6.92. The summed E-state index contributed by atoms with van der Waals surface area (Å²) in [4.78, 5) is 11.7. The summed E-state index contributed by atoms with van der Waals surface area (Å²) in [5.74, 6) is 1.28. The van der Waals surface area contributed by atoms with Crippen molar-refractivity contribution in [1.82, 2.24) is 0 Å². The first-order chi connectivity index (χ1) is 8.15. The van der Waals surface area contributed by atoms with E-state index in [1.165, 1.54) is 6.42 Å². The van der Waals surface area contributed by atoms with E-state index in [1.54, 1.807) is 7.11 Å². The Balaban J connectivity index is 1.77. The Labute approximate surface area is 103 Å². The van der Waals surface area contributed by atoms with Crippen LogP contribution in [-0.4, -0.2) is 24.3 Å². The van der Waals surface area contributed by atoms with Gasteiger partial charge in [-0.1, -0.05) is 6.42 Å². The van der Waals surface area contributed by atoms with Gasteiger partial charge in [0.1, 0.15) is 0 Å². The number of rotatable bonds is 3. The summed E-state index contributed by atoms with van der Waals surface area (Å²) in [6, 6.07) is 0. The summed E-state index contributed by atoms with van der Waals surface area (Å²) in [5, 5.41) is 9.67. The fourth-order valence-electron chi connectivity index (χ4n) is 4.37. The third kappa shape index (κ3) is 1.79. The highest BCUT2D eigenvalue weighted by molar-refractivity contribution is 5.76. The number of carboxylic acids is 1. The van der Waals surface area contributed by atoms with E-state index in [9.17, 15) is 9.90 Å². The highest BCUT2D eigenvalue weighted by Crippen LogP contribution is 2.64. The number of fused-ring (bicyclic) bond motifs is 1. The van der Waals surface area contributed by atoms with Crippen LogP contribution >= 0.6 is 0 Å². The van der Waals surface area contributed by atoms with E-state index in [4.69, 9.17) is 4.74 Å². The third-order valence-electron chi connectivity index (χ3n) is 5.49. The molecule has 4 unspecified atom stereocenters. The molecule has 0 aromatic rings. The molecule has 0 heterocycles. The molecule has 0 bridgehead atoms. The van der Waals surface area contributed by atoms with Crippen LogP contribution in [0.25, 0.3) is 0 Å². The lowest BCUT2D eigenvalue weighted by molar-refractivity contribution is -0.155. The molecule has 0 aromatic carbocycles. The van der Waals surface area contributed by atoms with Crippen molar-refractivity contribution in [1.29, 1.82) is 0 Å². The molecule has 1 N–H and O–H groups in total. The molecule has 0 aromatic heterocycles. The van der Waals surface area contributed by atoms with Gasteiger partial charge in [-0.25, -0.2) is 0 Å². The van der Waals surface area contributed by atoms with Gasteiger partial charge in [-0.2, -0.15) is 0 Å². The van der Waals surface area contributed by atoms with Gasteiger partial charge in [0.05, 0.1) is 11.5 Å². The van der Waals surface area contributed by atoms with Crippen LogP contribution in [0.2, 0.25) is 0 Å². The second-order valence-electron chi connectivity index (χ2n) is 6.35.